The zero-order chi connectivity index (χ0) is 21.9. The molecule has 2 heterocycles. The maximum absolute atomic E-state index is 5.21. The molecule has 1 aromatic carbocycles. The summed E-state index contributed by atoms with van der Waals surface area (Å²) in [5.41, 5.74) is 1.41. The van der Waals surface area contributed by atoms with Crippen LogP contribution < -0.4 is 10.6 Å². The molecule has 0 bridgehead atoms. The van der Waals surface area contributed by atoms with E-state index in [1.54, 1.807) is 7.11 Å². The number of ether oxygens (including phenoxy) is 1. The Kier molecular flexibility index (Phi) is 10.1. The number of hydrogen-bond acceptors (Lipinski definition) is 4. The molecule has 1 atom stereocenters. The minimum atomic E-state index is 0.485. The fourth-order valence-corrected chi connectivity index (χ4v) is 4.72. The number of nitrogens with zero attached hydrogens (tertiary/aromatic N) is 3. The van der Waals surface area contributed by atoms with Crippen molar-refractivity contribution in [2.45, 2.75) is 51.6 Å². The highest BCUT2D eigenvalue weighted by molar-refractivity contribution is 5.80. The van der Waals surface area contributed by atoms with Crippen LogP contribution in [-0.4, -0.2) is 81.3 Å². The van der Waals surface area contributed by atoms with Crippen molar-refractivity contribution in [3.63, 3.8) is 0 Å². The van der Waals surface area contributed by atoms with Crippen LogP contribution in [0.15, 0.2) is 35.3 Å². The van der Waals surface area contributed by atoms with E-state index in [2.05, 4.69) is 64.6 Å². The van der Waals surface area contributed by atoms with E-state index < -0.39 is 0 Å². The first-order chi connectivity index (χ1) is 15.2. The van der Waals surface area contributed by atoms with Crippen LogP contribution in [0.3, 0.4) is 0 Å². The highest BCUT2D eigenvalue weighted by atomic mass is 16.5. The van der Waals surface area contributed by atoms with Gasteiger partial charge in [0.05, 0.1) is 6.61 Å². The molecule has 0 spiro atoms. The van der Waals surface area contributed by atoms with Crippen molar-refractivity contribution in [1.29, 1.82) is 0 Å². The molecule has 1 aromatic rings. The van der Waals surface area contributed by atoms with E-state index in [9.17, 15) is 0 Å². The van der Waals surface area contributed by atoms with E-state index >= 15 is 0 Å². The SMILES string of the molecule is CCNC(=NCC1CCN(CCOC)CC1)NC1CCN(C(C)c2ccccc2)CC1. The summed E-state index contributed by atoms with van der Waals surface area (Å²) in [6, 6.07) is 11.9. The Labute approximate surface area is 189 Å². The fourth-order valence-electron chi connectivity index (χ4n) is 4.72. The van der Waals surface area contributed by atoms with E-state index in [1.165, 1.54) is 44.3 Å². The fraction of sp³-hybridized carbons (Fsp3) is 0.720. The maximum atomic E-state index is 5.21. The molecular weight excluding hydrogens is 386 g/mol. The van der Waals surface area contributed by atoms with Crippen LogP contribution >= 0.6 is 0 Å². The topological polar surface area (TPSA) is 52.1 Å². The average molecular weight is 430 g/mol. The predicted molar refractivity (Wildman–Crippen MR) is 130 cm³/mol. The third kappa shape index (κ3) is 7.78. The molecule has 6 heteroatoms. The Morgan fingerprint density at radius 1 is 1.10 bits per heavy atom. The Morgan fingerprint density at radius 2 is 1.81 bits per heavy atom. The van der Waals surface area contributed by atoms with Crippen molar-refractivity contribution in [3.8, 4) is 0 Å². The molecule has 0 radical (unpaired) electrons. The highest BCUT2D eigenvalue weighted by Crippen LogP contribution is 2.24. The lowest BCUT2D eigenvalue weighted by Crippen LogP contribution is -2.49. The van der Waals surface area contributed by atoms with Crippen molar-refractivity contribution >= 4 is 5.96 Å². The van der Waals surface area contributed by atoms with E-state index in [-0.39, 0.29) is 0 Å². The van der Waals surface area contributed by atoms with Gasteiger partial charge in [0.15, 0.2) is 5.96 Å². The third-order valence-electron chi connectivity index (χ3n) is 6.87. The number of aliphatic imine (C=N–C) groups is 1. The van der Waals surface area contributed by atoms with Gasteiger partial charge in [-0.25, -0.2) is 0 Å². The van der Waals surface area contributed by atoms with Gasteiger partial charge in [-0.2, -0.15) is 0 Å². The van der Waals surface area contributed by atoms with Crippen molar-refractivity contribution < 1.29 is 4.74 Å². The molecule has 6 nitrogen and oxygen atoms in total. The molecule has 0 aromatic heterocycles. The van der Waals surface area contributed by atoms with Crippen LogP contribution in [0.2, 0.25) is 0 Å². The van der Waals surface area contributed by atoms with E-state index in [1.807, 2.05) is 0 Å². The normalized spacial score (nSPS) is 21.2. The largest absolute Gasteiger partial charge is 0.383 e. The Hall–Kier alpha value is -1.63. The molecule has 2 saturated heterocycles. The lowest BCUT2D eigenvalue weighted by atomic mass is 9.97. The van der Waals surface area contributed by atoms with Crippen molar-refractivity contribution in [2.24, 2.45) is 10.9 Å². The molecule has 2 fully saturated rings. The summed E-state index contributed by atoms with van der Waals surface area (Å²) in [5.74, 6) is 1.70. The van der Waals surface area contributed by atoms with Gasteiger partial charge in [-0.1, -0.05) is 30.3 Å². The summed E-state index contributed by atoms with van der Waals surface area (Å²) in [7, 11) is 1.78. The molecule has 2 N–H and O–H groups in total. The standard InChI is InChI=1S/C25H43N5O/c1-4-26-25(27-20-22-10-14-29(15-11-22)18-19-31-3)28-24-12-16-30(17-13-24)21(2)23-8-6-5-7-9-23/h5-9,21-22,24H,4,10-20H2,1-3H3,(H2,26,27,28). The second kappa shape index (κ2) is 13.0. The Balaban J connectivity index is 1.42. The summed E-state index contributed by atoms with van der Waals surface area (Å²) in [6.07, 6.45) is 4.81. The lowest BCUT2D eigenvalue weighted by molar-refractivity contribution is 0.121. The first-order valence-electron chi connectivity index (χ1n) is 12.2. The Bertz CT molecular complexity index is 637. The minimum absolute atomic E-state index is 0.485. The number of likely N-dealkylation sites (tertiary alicyclic amines) is 2. The van der Waals surface area contributed by atoms with Gasteiger partial charge < -0.3 is 20.3 Å². The quantitative estimate of drug-likeness (QED) is 0.467. The minimum Gasteiger partial charge on any atom is -0.383 e. The zero-order valence-corrected chi connectivity index (χ0v) is 19.9. The van der Waals surface area contributed by atoms with Crippen LogP contribution in [-0.2, 0) is 4.74 Å². The number of piperidine rings is 2. The van der Waals surface area contributed by atoms with Crippen molar-refractivity contribution in [3.05, 3.63) is 35.9 Å². The van der Waals surface area contributed by atoms with Gasteiger partial charge >= 0.3 is 0 Å². The van der Waals surface area contributed by atoms with Gasteiger partial charge in [-0.3, -0.25) is 9.89 Å². The van der Waals surface area contributed by atoms with Crippen LogP contribution in [0.1, 0.15) is 51.1 Å². The number of nitrogens with one attached hydrogen (secondary N) is 2. The van der Waals surface area contributed by atoms with E-state index in [4.69, 9.17) is 9.73 Å². The summed E-state index contributed by atoms with van der Waals surface area (Å²) in [4.78, 5) is 10.1. The molecule has 0 amide bonds. The number of rotatable bonds is 9. The molecule has 1 unspecified atom stereocenters. The number of guanidine groups is 1. The molecule has 3 rings (SSSR count). The number of methoxy groups -OCH3 is 1. The summed E-state index contributed by atoms with van der Waals surface area (Å²) in [5, 5.41) is 7.18. The van der Waals surface area contributed by atoms with Crippen molar-refractivity contribution in [2.75, 3.05) is 59.5 Å². The predicted octanol–water partition coefficient (Wildman–Crippen LogP) is 3.13. The van der Waals surface area contributed by atoms with Gasteiger partial charge in [0.25, 0.3) is 0 Å². The van der Waals surface area contributed by atoms with Crippen LogP contribution in [0.25, 0.3) is 0 Å². The van der Waals surface area contributed by atoms with Crippen molar-refractivity contribution in [1.82, 2.24) is 20.4 Å². The molecule has 31 heavy (non-hydrogen) atoms. The second-order valence-corrected chi connectivity index (χ2v) is 9.04. The smallest absolute Gasteiger partial charge is 0.191 e. The number of hydrogen-bond donors (Lipinski definition) is 2. The monoisotopic (exact) mass is 429 g/mol. The first kappa shape index (κ1) is 24.0. The molecular formula is C25H43N5O. The summed E-state index contributed by atoms with van der Waals surface area (Å²) < 4.78 is 5.21. The van der Waals surface area contributed by atoms with Crippen LogP contribution in [0.5, 0.6) is 0 Å². The average Bonchev–Trinajstić information content (AvgIpc) is 2.82. The Morgan fingerprint density at radius 3 is 2.45 bits per heavy atom. The molecule has 174 valence electrons. The van der Waals surface area contributed by atoms with Crippen LogP contribution in [0, 0.1) is 5.92 Å². The third-order valence-corrected chi connectivity index (χ3v) is 6.87. The highest BCUT2D eigenvalue weighted by Gasteiger charge is 2.24. The van der Waals surface area contributed by atoms with Gasteiger partial charge in [0, 0.05) is 51.9 Å². The summed E-state index contributed by atoms with van der Waals surface area (Å²) >= 11 is 0. The van der Waals surface area contributed by atoms with Crippen LogP contribution in [0.4, 0.5) is 0 Å². The van der Waals surface area contributed by atoms with Gasteiger partial charge in [-0.15, -0.1) is 0 Å². The van der Waals surface area contributed by atoms with Gasteiger partial charge in [0.2, 0.25) is 0 Å². The first-order valence-corrected chi connectivity index (χ1v) is 12.2. The second-order valence-electron chi connectivity index (χ2n) is 9.04. The zero-order valence-electron chi connectivity index (χ0n) is 19.9. The summed E-state index contributed by atoms with van der Waals surface area (Å²) in [6.45, 7) is 12.8. The van der Waals surface area contributed by atoms with E-state index in [0.29, 0.717) is 18.0 Å². The van der Waals surface area contributed by atoms with Gasteiger partial charge in [-0.05, 0) is 64.1 Å². The number of benzene rings is 1. The maximum Gasteiger partial charge on any atom is 0.191 e. The van der Waals surface area contributed by atoms with E-state index in [0.717, 1.165) is 45.3 Å². The molecule has 0 saturated carbocycles. The molecule has 0 aliphatic carbocycles. The molecule has 2 aliphatic heterocycles. The van der Waals surface area contributed by atoms with Gasteiger partial charge in [0.1, 0.15) is 0 Å². The lowest BCUT2D eigenvalue weighted by Gasteiger charge is -2.37. The molecule has 2 aliphatic rings.